The van der Waals surface area contributed by atoms with Gasteiger partial charge in [-0.1, -0.05) is 18.2 Å². The Labute approximate surface area is 135 Å². The summed E-state index contributed by atoms with van der Waals surface area (Å²) in [6.07, 6.45) is 3.78. The van der Waals surface area contributed by atoms with Crippen LogP contribution < -0.4 is 5.32 Å². The van der Waals surface area contributed by atoms with E-state index in [2.05, 4.69) is 41.4 Å². The number of hydrogen-bond donors (Lipinski definition) is 1. The van der Waals surface area contributed by atoms with Gasteiger partial charge in [-0.25, -0.2) is 0 Å². The number of anilines is 1. The normalized spacial score (nSPS) is 13.0. The Kier molecular flexibility index (Phi) is 3.90. The van der Waals surface area contributed by atoms with Gasteiger partial charge in [-0.2, -0.15) is 5.10 Å². The summed E-state index contributed by atoms with van der Waals surface area (Å²) in [4.78, 5) is 0. The van der Waals surface area contributed by atoms with Crippen LogP contribution in [-0.4, -0.2) is 20.0 Å². The minimum atomic E-state index is -0.0995. The lowest BCUT2D eigenvalue weighted by Crippen LogP contribution is -2.21. The largest absolute Gasteiger partial charge is 0.418 e. The lowest BCUT2D eigenvalue weighted by atomic mass is 10.1. The minimum absolute atomic E-state index is 0.0475. The van der Waals surface area contributed by atoms with E-state index in [0.29, 0.717) is 11.8 Å². The third-order valence-electron chi connectivity index (χ3n) is 3.48. The monoisotopic (exact) mass is 311 g/mol. The zero-order chi connectivity index (χ0) is 16.4. The molecule has 120 valence electrons. The van der Waals surface area contributed by atoms with Crippen molar-refractivity contribution in [2.45, 2.75) is 39.3 Å². The Morgan fingerprint density at radius 3 is 2.52 bits per heavy atom. The number of aromatic nitrogens is 4. The highest BCUT2D eigenvalue weighted by atomic mass is 16.4. The zero-order valence-electron chi connectivity index (χ0n) is 13.8. The number of nitrogens with one attached hydrogen (secondary N) is 1. The average Bonchev–Trinajstić information content (AvgIpc) is 3.16. The van der Waals surface area contributed by atoms with Crippen molar-refractivity contribution in [2.24, 2.45) is 0 Å². The number of hydrogen-bond acceptors (Lipinski definition) is 5. The quantitative estimate of drug-likeness (QED) is 0.792. The maximum atomic E-state index is 5.77. The van der Waals surface area contributed by atoms with Crippen molar-refractivity contribution >= 4 is 5.69 Å². The first kappa shape index (κ1) is 15.3. The van der Waals surface area contributed by atoms with Crippen molar-refractivity contribution in [1.29, 1.82) is 0 Å². The molecule has 0 saturated carbocycles. The summed E-state index contributed by atoms with van der Waals surface area (Å²) >= 11 is 0. The van der Waals surface area contributed by atoms with E-state index in [9.17, 15) is 0 Å². The van der Waals surface area contributed by atoms with E-state index in [1.165, 1.54) is 0 Å². The fourth-order valence-electron chi connectivity index (χ4n) is 2.18. The molecule has 0 saturated heterocycles. The number of nitrogens with zero attached hydrogens (tertiary/aromatic N) is 4. The van der Waals surface area contributed by atoms with E-state index in [1.54, 1.807) is 6.20 Å². The molecule has 0 unspecified atom stereocenters. The topological polar surface area (TPSA) is 68.8 Å². The summed E-state index contributed by atoms with van der Waals surface area (Å²) in [6, 6.07) is 9.64. The van der Waals surface area contributed by atoms with Gasteiger partial charge in [0.2, 0.25) is 11.8 Å². The summed E-state index contributed by atoms with van der Waals surface area (Å²) in [5.74, 6) is 1.08. The highest BCUT2D eigenvalue weighted by Crippen LogP contribution is 2.23. The first-order valence-electron chi connectivity index (χ1n) is 7.64. The van der Waals surface area contributed by atoms with E-state index < -0.39 is 0 Å². The molecule has 1 N–H and O–H groups in total. The summed E-state index contributed by atoms with van der Waals surface area (Å²) in [5, 5.41) is 16.0. The molecule has 0 spiro atoms. The fourth-order valence-corrected chi connectivity index (χ4v) is 2.18. The molecule has 2 aromatic heterocycles. The van der Waals surface area contributed by atoms with Crippen molar-refractivity contribution in [3.63, 3.8) is 0 Å². The molecular formula is C17H21N5O. The molecule has 0 radical (unpaired) electrons. The number of benzene rings is 1. The van der Waals surface area contributed by atoms with Gasteiger partial charge in [0, 0.05) is 11.8 Å². The van der Waals surface area contributed by atoms with Gasteiger partial charge in [0.1, 0.15) is 6.04 Å². The molecule has 3 aromatic rings. The average molecular weight is 311 g/mol. The second kappa shape index (κ2) is 5.87. The summed E-state index contributed by atoms with van der Waals surface area (Å²) in [7, 11) is 0. The van der Waals surface area contributed by atoms with Crippen LogP contribution in [0.15, 0.2) is 47.1 Å². The fraction of sp³-hybridized carbons (Fsp3) is 0.353. The summed E-state index contributed by atoms with van der Waals surface area (Å²) in [6.45, 7) is 8.31. The van der Waals surface area contributed by atoms with E-state index in [4.69, 9.17) is 4.42 Å². The molecule has 0 bridgehead atoms. The second-order valence-corrected chi connectivity index (χ2v) is 6.52. The molecule has 0 amide bonds. The highest BCUT2D eigenvalue weighted by molar-refractivity contribution is 5.52. The maximum Gasteiger partial charge on any atom is 0.247 e. The van der Waals surface area contributed by atoms with Crippen LogP contribution >= 0.6 is 0 Å². The van der Waals surface area contributed by atoms with Crippen molar-refractivity contribution in [3.8, 4) is 11.5 Å². The van der Waals surface area contributed by atoms with Crippen LogP contribution in [0.3, 0.4) is 0 Å². The Morgan fingerprint density at radius 2 is 1.87 bits per heavy atom. The first-order valence-corrected chi connectivity index (χ1v) is 7.64. The molecular weight excluding hydrogens is 290 g/mol. The highest BCUT2D eigenvalue weighted by Gasteiger charge is 2.18. The van der Waals surface area contributed by atoms with Crippen LogP contribution in [0.5, 0.6) is 0 Å². The Bertz CT molecular complexity index is 770. The smallest absolute Gasteiger partial charge is 0.247 e. The van der Waals surface area contributed by atoms with E-state index in [0.717, 1.165) is 11.3 Å². The van der Waals surface area contributed by atoms with Gasteiger partial charge in [-0.05, 0) is 39.8 Å². The lowest BCUT2D eigenvalue weighted by molar-refractivity contribution is 0.355. The predicted octanol–water partition coefficient (Wildman–Crippen LogP) is 3.86. The van der Waals surface area contributed by atoms with Gasteiger partial charge >= 0.3 is 0 Å². The summed E-state index contributed by atoms with van der Waals surface area (Å²) in [5.41, 5.74) is 1.79. The Balaban J connectivity index is 1.73. The van der Waals surface area contributed by atoms with Gasteiger partial charge in [0.15, 0.2) is 0 Å². The van der Waals surface area contributed by atoms with Crippen LogP contribution in [-0.2, 0) is 5.54 Å². The van der Waals surface area contributed by atoms with Crippen LogP contribution in [0.4, 0.5) is 5.69 Å². The third kappa shape index (κ3) is 3.41. The van der Waals surface area contributed by atoms with E-state index >= 15 is 0 Å². The standard InChI is InChI=1S/C17H21N5O/c1-12(19-14-10-18-22(11-14)17(2,3)4)15-20-21-16(23-15)13-8-6-5-7-9-13/h5-12,19H,1-4H3/t12-/m1/s1. The van der Waals surface area contributed by atoms with Gasteiger partial charge in [0.05, 0.1) is 17.4 Å². The van der Waals surface area contributed by atoms with Crippen molar-refractivity contribution < 1.29 is 4.42 Å². The molecule has 6 heteroatoms. The van der Waals surface area contributed by atoms with Crippen molar-refractivity contribution in [1.82, 2.24) is 20.0 Å². The van der Waals surface area contributed by atoms with Crippen LogP contribution in [0, 0.1) is 0 Å². The Morgan fingerprint density at radius 1 is 1.13 bits per heavy atom. The second-order valence-electron chi connectivity index (χ2n) is 6.52. The lowest BCUT2D eigenvalue weighted by Gasteiger charge is -2.18. The van der Waals surface area contributed by atoms with Crippen molar-refractivity contribution in [2.75, 3.05) is 5.32 Å². The molecule has 0 aliphatic rings. The Hall–Kier alpha value is -2.63. The molecule has 1 aromatic carbocycles. The van der Waals surface area contributed by atoms with Gasteiger partial charge in [0.25, 0.3) is 0 Å². The van der Waals surface area contributed by atoms with Crippen LogP contribution in [0.1, 0.15) is 39.6 Å². The van der Waals surface area contributed by atoms with Gasteiger partial charge in [-0.3, -0.25) is 4.68 Å². The third-order valence-corrected chi connectivity index (χ3v) is 3.48. The molecule has 2 heterocycles. The van der Waals surface area contributed by atoms with E-state index in [-0.39, 0.29) is 11.6 Å². The van der Waals surface area contributed by atoms with E-state index in [1.807, 2.05) is 48.1 Å². The molecule has 1 atom stereocenters. The molecule has 0 aliphatic heterocycles. The maximum absolute atomic E-state index is 5.77. The molecule has 3 rings (SSSR count). The molecule has 6 nitrogen and oxygen atoms in total. The minimum Gasteiger partial charge on any atom is -0.418 e. The number of rotatable bonds is 4. The van der Waals surface area contributed by atoms with Gasteiger partial charge < -0.3 is 9.73 Å². The summed E-state index contributed by atoms with van der Waals surface area (Å²) < 4.78 is 7.69. The zero-order valence-corrected chi connectivity index (χ0v) is 13.8. The first-order chi connectivity index (χ1) is 10.9. The van der Waals surface area contributed by atoms with Crippen LogP contribution in [0.2, 0.25) is 0 Å². The predicted molar refractivity (Wildman–Crippen MR) is 89.0 cm³/mol. The van der Waals surface area contributed by atoms with Crippen LogP contribution in [0.25, 0.3) is 11.5 Å². The van der Waals surface area contributed by atoms with Gasteiger partial charge in [-0.15, -0.1) is 10.2 Å². The molecule has 0 aliphatic carbocycles. The van der Waals surface area contributed by atoms with Crippen molar-refractivity contribution in [3.05, 3.63) is 48.6 Å². The molecule has 0 fully saturated rings. The SMILES string of the molecule is C[C@@H](Nc1cnn(C(C)(C)C)c1)c1nnc(-c2ccccc2)o1. The molecule has 23 heavy (non-hydrogen) atoms.